The van der Waals surface area contributed by atoms with Gasteiger partial charge in [0, 0.05) is 11.8 Å². The third kappa shape index (κ3) is 8.57. The number of hydrogen-bond donors (Lipinski definition) is 1. The van der Waals surface area contributed by atoms with Gasteiger partial charge in [-0.25, -0.2) is 0 Å². The number of carbonyl (C=O) groups excluding carboxylic acids is 1. The van der Waals surface area contributed by atoms with Crippen molar-refractivity contribution in [1.29, 1.82) is 0 Å². The molecule has 1 N–H and O–H groups in total. The van der Waals surface area contributed by atoms with E-state index in [1.165, 1.54) is 19.3 Å². The van der Waals surface area contributed by atoms with Gasteiger partial charge >= 0.3 is 5.97 Å². The van der Waals surface area contributed by atoms with Gasteiger partial charge in [-0.15, -0.1) is 0 Å². The Morgan fingerprint density at radius 2 is 1.65 bits per heavy atom. The Morgan fingerprint density at radius 3 is 2.20 bits per heavy atom. The van der Waals surface area contributed by atoms with Crippen molar-refractivity contribution < 1.29 is 14.6 Å². The average molecular weight is 286 g/mol. The molecule has 3 nitrogen and oxygen atoms in total. The molecule has 1 atom stereocenters. The number of aliphatic hydroxyl groups is 1. The highest BCUT2D eigenvalue weighted by atomic mass is 16.5. The van der Waals surface area contributed by atoms with E-state index in [0.717, 1.165) is 38.5 Å². The molecule has 0 heterocycles. The molecule has 0 aromatic rings. The summed E-state index contributed by atoms with van der Waals surface area (Å²) in [7, 11) is 0. The Kier molecular flexibility index (Phi) is 11.8. The normalized spacial score (nSPS) is 14.0. The summed E-state index contributed by atoms with van der Waals surface area (Å²) < 4.78 is 5.39. The summed E-state index contributed by atoms with van der Waals surface area (Å²) in [4.78, 5) is 11.7. The lowest BCUT2D eigenvalue weighted by Gasteiger charge is -2.30. The van der Waals surface area contributed by atoms with E-state index in [1.54, 1.807) is 0 Å². The summed E-state index contributed by atoms with van der Waals surface area (Å²) in [6.07, 6.45) is 10.2. The fourth-order valence-corrected chi connectivity index (χ4v) is 2.32. The zero-order valence-corrected chi connectivity index (χ0v) is 13.7. The first-order chi connectivity index (χ1) is 9.64. The molecule has 0 spiro atoms. The second-order valence-corrected chi connectivity index (χ2v) is 5.94. The lowest BCUT2D eigenvalue weighted by Crippen LogP contribution is -2.31. The molecule has 3 heteroatoms. The Morgan fingerprint density at radius 1 is 1.00 bits per heavy atom. The smallest absolute Gasteiger partial charge is 0.305 e. The van der Waals surface area contributed by atoms with Gasteiger partial charge in [-0.2, -0.15) is 0 Å². The van der Waals surface area contributed by atoms with Crippen LogP contribution in [0.5, 0.6) is 0 Å². The van der Waals surface area contributed by atoms with Gasteiger partial charge in [-0.05, 0) is 19.3 Å². The SMILES string of the molecule is CCCCCCCC(=O)OCC(CC)(CO)CCCC. The highest BCUT2D eigenvalue weighted by Gasteiger charge is 2.28. The number of rotatable bonds is 13. The predicted molar refractivity (Wildman–Crippen MR) is 83.7 cm³/mol. The maximum atomic E-state index is 11.7. The topological polar surface area (TPSA) is 46.5 Å². The van der Waals surface area contributed by atoms with Crippen molar-refractivity contribution in [3.05, 3.63) is 0 Å². The maximum absolute atomic E-state index is 11.7. The number of esters is 1. The lowest BCUT2D eigenvalue weighted by molar-refractivity contribution is -0.148. The van der Waals surface area contributed by atoms with Gasteiger partial charge in [0.25, 0.3) is 0 Å². The number of unbranched alkanes of at least 4 members (excludes halogenated alkanes) is 5. The minimum atomic E-state index is -0.228. The van der Waals surface area contributed by atoms with Gasteiger partial charge in [0.15, 0.2) is 0 Å². The molecule has 120 valence electrons. The zero-order valence-electron chi connectivity index (χ0n) is 13.7. The summed E-state index contributed by atoms with van der Waals surface area (Å²) >= 11 is 0. The van der Waals surface area contributed by atoms with Crippen LogP contribution in [0, 0.1) is 5.41 Å². The molecule has 0 saturated heterocycles. The van der Waals surface area contributed by atoms with Crippen molar-refractivity contribution in [2.75, 3.05) is 13.2 Å². The molecule has 0 saturated carbocycles. The molecule has 0 rings (SSSR count). The Balaban J connectivity index is 3.92. The highest BCUT2D eigenvalue weighted by Crippen LogP contribution is 2.29. The van der Waals surface area contributed by atoms with Gasteiger partial charge in [0.05, 0.1) is 13.2 Å². The molecular weight excluding hydrogens is 252 g/mol. The van der Waals surface area contributed by atoms with Crippen molar-refractivity contribution in [2.45, 2.75) is 85.0 Å². The molecule has 0 aromatic heterocycles. The van der Waals surface area contributed by atoms with Crippen LogP contribution in [0.25, 0.3) is 0 Å². The summed E-state index contributed by atoms with van der Waals surface area (Å²) in [6.45, 7) is 6.86. The fraction of sp³-hybridized carbons (Fsp3) is 0.941. The van der Waals surface area contributed by atoms with E-state index >= 15 is 0 Å². The monoisotopic (exact) mass is 286 g/mol. The molecule has 0 fully saturated rings. The quantitative estimate of drug-likeness (QED) is 0.401. The average Bonchev–Trinajstić information content (AvgIpc) is 2.48. The lowest BCUT2D eigenvalue weighted by atomic mass is 9.82. The van der Waals surface area contributed by atoms with E-state index < -0.39 is 0 Å². The van der Waals surface area contributed by atoms with E-state index in [4.69, 9.17) is 4.74 Å². The van der Waals surface area contributed by atoms with Crippen molar-refractivity contribution in [3.8, 4) is 0 Å². The van der Waals surface area contributed by atoms with Gasteiger partial charge in [0.2, 0.25) is 0 Å². The first kappa shape index (κ1) is 19.4. The third-order valence-electron chi connectivity index (χ3n) is 4.17. The zero-order chi connectivity index (χ0) is 15.3. The summed E-state index contributed by atoms with van der Waals surface area (Å²) in [5.74, 6) is -0.107. The first-order valence-corrected chi connectivity index (χ1v) is 8.40. The van der Waals surface area contributed by atoms with E-state index in [9.17, 15) is 9.90 Å². The van der Waals surface area contributed by atoms with E-state index in [-0.39, 0.29) is 18.0 Å². The molecule has 0 bridgehead atoms. The maximum Gasteiger partial charge on any atom is 0.305 e. The number of ether oxygens (including phenoxy) is 1. The molecule has 0 aromatic carbocycles. The van der Waals surface area contributed by atoms with Gasteiger partial charge in [-0.3, -0.25) is 4.79 Å². The van der Waals surface area contributed by atoms with Crippen LogP contribution < -0.4 is 0 Å². The number of aliphatic hydroxyl groups excluding tert-OH is 1. The van der Waals surface area contributed by atoms with Crippen LogP contribution in [0.3, 0.4) is 0 Å². The van der Waals surface area contributed by atoms with Crippen molar-refractivity contribution in [1.82, 2.24) is 0 Å². The molecule has 20 heavy (non-hydrogen) atoms. The van der Waals surface area contributed by atoms with Crippen molar-refractivity contribution in [3.63, 3.8) is 0 Å². The van der Waals surface area contributed by atoms with Crippen LogP contribution in [0.2, 0.25) is 0 Å². The Labute approximate surface area is 125 Å². The molecular formula is C17H34O3. The third-order valence-corrected chi connectivity index (χ3v) is 4.17. The van der Waals surface area contributed by atoms with E-state index in [0.29, 0.717) is 13.0 Å². The first-order valence-electron chi connectivity index (χ1n) is 8.40. The van der Waals surface area contributed by atoms with Crippen LogP contribution in [-0.2, 0) is 9.53 Å². The summed E-state index contributed by atoms with van der Waals surface area (Å²) in [5, 5.41) is 9.60. The second-order valence-electron chi connectivity index (χ2n) is 5.94. The van der Waals surface area contributed by atoms with Gasteiger partial charge < -0.3 is 9.84 Å². The Bertz CT molecular complexity index is 234. The second kappa shape index (κ2) is 12.2. The van der Waals surface area contributed by atoms with Crippen LogP contribution in [0.4, 0.5) is 0 Å². The van der Waals surface area contributed by atoms with E-state index in [2.05, 4.69) is 20.8 Å². The summed E-state index contributed by atoms with van der Waals surface area (Å²) in [5.41, 5.74) is -0.228. The van der Waals surface area contributed by atoms with Crippen LogP contribution in [0.15, 0.2) is 0 Å². The molecule has 0 aliphatic carbocycles. The number of hydrogen-bond acceptors (Lipinski definition) is 3. The van der Waals surface area contributed by atoms with E-state index in [1.807, 2.05) is 0 Å². The molecule has 0 aliphatic heterocycles. The van der Waals surface area contributed by atoms with Gasteiger partial charge in [-0.1, -0.05) is 59.3 Å². The Hall–Kier alpha value is -0.570. The fourth-order valence-electron chi connectivity index (χ4n) is 2.32. The minimum Gasteiger partial charge on any atom is -0.465 e. The molecule has 0 amide bonds. The minimum absolute atomic E-state index is 0.104. The van der Waals surface area contributed by atoms with Crippen LogP contribution in [-0.4, -0.2) is 24.3 Å². The van der Waals surface area contributed by atoms with Crippen molar-refractivity contribution >= 4 is 5.97 Å². The molecule has 0 aliphatic rings. The predicted octanol–water partition coefficient (Wildman–Crippen LogP) is 4.47. The van der Waals surface area contributed by atoms with Crippen LogP contribution >= 0.6 is 0 Å². The standard InChI is InChI=1S/C17H34O3/c1-4-7-9-10-11-12-16(19)20-15-17(6-3,14-18)13-8-5-2/h18H,4-15H2,1-3H3. The van der Waals surface area contributed by atoms with Crippen LogP contribution in [0.1, 0.15) is 85.0 Å². The molecule has 0 radical (unpaired) electrons. The van der Waals surface area contributed by atoms with Crippen molar-refractivity contribution in [2.24, 2.45) is 5.41 Å². The largest absolute Gasteiger partial charge is 0.465 e. The highest BCUT2D eigenvalue weighted by molar-refractivity contribution is 5.69. The summed E-state index contributed by atoms with van der Waals surface area (Å²) in [6, 6.07) is 0. The molecule has 1 unspecified atom stereocenters. The van der Waals surface area contributed by atoms with Gasteiger partial charge in [0.1, 0.15) is 0 Å². The number of carbonyl (C=O) groups is 1.